The predicted molar refractivity (Wildman–Crippen MR) is 86.3 cm³/mol. The van der Waals surface area contributed by atoms with Gasteiger partial charge in [0.05, 0.1) is 12.1 Å². The lowest BCUT2D eigenvalue weighted by atomic mass is 9.99. The van der Waals surface area contributed by atoms with E-state index in [1.54, 1.807) is 10.9 Å². The third-order valence-corrected chi connectivity index (χ3v) is 3.87. The van der Waals surface area contributed by atoms with Gasteiger partial charge in [0.2, 0.25) is 5.91 Å². The summed E-state index contributed by atoms with van der Waals surface area (Å²) in [5.41, 5.74) is 1.73. The molecule has 2 rings (SSSR count). The van der Waals surface area contributed by atoms with E-state index in [0.717, 1.165) is 11.3 Å². The molecule has 6 heteroatoms. The monoisotopic (exact) mass is 315 g/mol. The van der Waals surface area contributed by atoms with Gasteiger partial charge in [-0.05, 0) is 29.7 Å². The number of nitrogens with zero attached hydrogens (tertiary/aromatic N) is 2. The third kappa shape index (κ3) is 4.42. The summed E-state index contributed by atoms with van der Waals surface area (Å²) in [6.45, 7) is 3.72. The van der Waals surface area contributed by atoms with Gasteiger partial charge in [-0.15, -0.1) is 0 Å². The summed E-state index contributed by atoms with van der Waals surface area (Å²) < 4.78 is 1.73. The molecule has 1 aromatic carbocycles. The minimum Gasteiger partial charge on any atom is -0.480 e. The van der Waals surface area contributed by atoms with E-state index in [-0.39, 0.29) is 18.2 Å². The van der Waals surface area contributed by atoms with Gasteiger partial charge in [-0.2, -0.15) is 5.10 Å². The van der Waals surface area contributed by atoms with Crippen molar-refractivity contribution in [3.63, 3.8) is 0 Å². The van der Waals surface area contributed by atoms with E-state index in [9.17, 15) is 14.7 Å². The van der Waals surface area contributed by atoms with E-state index >= 15 is 0 Å². The summed E-state index contributed by atoms with van der Waals surface area (Å²) in [4.78, 5) is 23.3. The fourth-order valence-electron chi connectivity index (χ4n) is 2.28. The van der Waals surface area contributed by atoms with Gasteiger partial charge in [-0.3, -0.25) is 4.79 Å². The van der Waals surface area contributed by atoms with Crippen LogP contribution in [-0.4, -0.2) is 32.8 Å². The number of carbonyl (C=O) groups is 2. The Morgan fingerprint density at radius 2 is 2.00 bits per heavy atom. The second-order valence-electron chi connectivity index (χ2n) is 5.56. The zero-order chi connectivity index (χ0) is 16.8. The van der Waals surface area contributed by atoms with Crippen LogP contribution in [0.4, 0.5) is 0 Å². The van der Waals surface area contributed by atoms with Crippen LogP contribution in [0.1, 0.15) is 25.8 Å². The van der Waals surface area contributed by atoms with Gasteiger partial charge in [-0.25, -0.2) is 9.48 Å². The van der Waals surface area contributed by atoms with Crippen molar-refractivity contribution in [1.82, 2.24) is 15.1 Å². The number of benzene rings is 1. The summed E-state index contributed by atoms with van der Waals surface area (Å²) in [6, 6.07) is 8.42. The highest BCUT2D eigenvalue weighted by atomic mass is 16.4. The van der Waals surface area contributed by atoms with Crippen LogP contribution >= 0.6 is 0 Å². The highest BCUT2D eigenvalue weighted by molar-refractivity contribution is 5.85. The molecule has 2 unspecified atom stereocenters. The number of hydrogen-bond donors (Lipinski definition) is 2. The maximum absolute atomic E-state index is 12.1. The lowest BCUT2D eigenvalue weighted by molar-refractivity contribution is -0.143. The zero-order valence-corrected chi connectivity index (χ0v) is 13.3. The molecular formula is C17H21N3O3. The maximum Gasteiger partial charge on any atom is 0.326 e. The van der Waals surface area contributed by atoms with Crippen LogP contribution in [0.2, 0.25) is 0 Å². The highest BCUT2D eigenvalue weighted by Gasteiger charge is 2.25. The quantitative estimate of drug-likeness (QED) is 0.819. The molecule has 6 nitrogen and oxygen atoms in total. The van der Waals surface area contributed by atoms with E-state index in [0.29, 0.717) is 6.42 Å². The van der Waals surface area contributed by atoms with Crippen molar-refractivity contribution in [2.75, 3.05) is 0 Å². The Hall–Kier alpha value is -2.63. The zero-order valence-electron chi connectivity index (χ0n) is 13.3. The molecule has 122 valence electrons. The van der Waals surface area contributed by atoms with E-state index in [4.69, 9.17) is 0 Å². The first kappa shape index (κ1) is 16.7. The van der Waals surface area contributed by atoms with Gasteiger partial charge in [0.1, 0.15) is 6.04 Å². The molecule has 0 saturated heterocycles. The molecule has 1 heterocycles. The van der Waals surface area contributed by atoms with Crippen molar-refractivity contribution >= 4 is 11.9 Å². The van der Waals surface area contributed by atoms with Gasteiger partial charge in [-0.1, -0.05) is 32.4 Å². The standard InChI is InChI=1S/C17H21N3O3/c1-3-12(2)16(17(22)23)19-15(21)11-13-5-7-14(8-6-13)20-10-4-9-18-20/h4-10,12,16H,3,11H2,1-2H3,(H,19,21)(H,22,23). The summed E-state index contributed by atoms with van der Waals surface area (Å²) in [5.74, 6) is -1.40. The smallest absolute Gasteiger partial charge is 0.326 e. The number of aromatic nitrogens is 2. The molecule has 0 saturated carbocycles. The number of nitrogens with one attached hydrogen (secondary N) is 1. The van der Waals surface area contributed by atoms with Crippen molar-refractivity contribution < 1.29 is 14.7 Å². The molecule has 0 bridgehead atoms. The molecule has 2 aromatic rings. The molecule has 2 N–H and O–H groups in total. The first-order valence-electron chi connectivity index (χ1n) is 7.62. The largest absolute Gasteiger partial charge is 0.480 e. The Kier molecular flexibility index (Phi) is 5.51. The topological polar surface area (TPSA) is 84.2 Å². The molecule has 1 aromatic heterocycles. The van der Waals surface area contributed by atoms with Gasteiger partial charge in [0.25, 0.3) is 0 Å². The normalized spacial score (nSPS) is 13.3. The molecule has 2 atom stereocenters. The van der Waals surface area contributed by atoms with Crippen LogP contribution in [0.5, 0.6) is 0 Å². The molecule has 0 radical (unpaired) electrons. The second-order valence-corrected chi connectivity index (χ2v) is 5.56. The minimum atomic E-state index is -0.998. The molecule has 0 spiro atoms. The Morgan fingerprint density at radius 1 is 1.30 bits per heavy atom. The Bertz CT molecular complexity index is 650. The van der Waals surface area contributed by atoms with Crippen molar-refractivity contribution in [2.24, 2.45) is 5.92 Å². The van der Waals surface area contributed by atoms with Crippen molar-refractivity contribution in [1.29, 1.82) is 0 Å². The highest BCUT2D eigenvalue weighted by Crippen LogP contribution is 2.11. The molecule has 0 aliphatic carbocycles. The molecule has 23 heavy (non-hydrogen) atoms. The summed E-state index contributed by atoms with van der Waals surface area (Å²) >= 11 is 0. The molecule has 1 amide bonds. The SMILES string of the molecule is CCC(C)C(NC(=O)Cc1ccc(-n2cccn2)cc1)C(=O)O. The fraction of sp³-hybridized carbons (Fsp3) is 0.353. The van der Waals surface area contributed by atoms with Crippen LogP contribution in [0.25, 0.3) is 5.69 Å². The minimum absolute atomic E-state index is 0.112. The lowest BCUT2D eigenvalue weighted by Gasteiger charge is -2.20. The number of aliphatic carboxylic acids is 1. The van der Waals surface area contributed by atoms with Gasteiger partial charge in [0, 0.05) is 12.4 Å². The van der Waals surface area contributed by atoms with Crippen LogP contribution in [0, 0.1) is 5.92 Å². The van der Waals surface area contributed by atoms with Crippen molar-refractivity contribution in [3.8, 4) is 5.69 Å². The lowest BCUT2D eigenvalue weighted by Crippen LogP contribution is -2.45. The number of rotatable bonds is 7. The number of hydrogen-bond acceptors (Lipinski definition) is 3. The van der Waals surface area contributed by atoms with Crippen LogP contribution in [0.15, 0.2) is 42.7 Å². The summed E-state index contributed by atoms with van der Waals surface area (Å²) in [6.07, 6.45) is 4.38. The van der Waals surface area contributed by atoms with Crippen molar-refractivity contribution in [3.05, 3.63) is 48.3 Å². The summed E-state index contributed by atoms with van der Waals surface area (Å²) in [5, 5.41) is 15.9. The molecule has 0 aliphatic heterocycles. The number of amides is 1. The fourth-order valence-corrected chi connectivity index (χ4v) is 2.28. The average molecular weight is 315 g/mol. The molecule has 0 aliphatic rings. The van der Waals surface area contributed by atoms with E-state index in [1.807, 2.05) is 50.4 Å². The maximum atomic E-state index is 12.1. The molecule has 0 fully saturated rings. The van der Waals surface area contributed by atoms with Crippen molar-refractivity contribution in [2.45, 2.75) is 32.7 Å². The Balaban J connectivity index is 1.98. The number of carboxylic acid groups (broad SMARTS) is 1. The van der Waals surface area contributed by atoms with Gasteiger partial charge >= 0.3 is 5.97 Å². The van der Waals surface area contributed by atoms with Crippen LogP contribution in [0.3, 0.4) is 0 Å². The third-order valence-electron chi connectivity index (χ3n) is 3.87. The number of carboxylic acids is 1. The first-order chi connectivity index (χ1) is 11.0. The van der Waals surface area contributed by atoms with Gasteiger partial charge in [0.15, 0.2) is 0 Å². The first-order valence-corrected chi connectivity index (χ1v) is 7.62. The Labute approximate surface area is 135 Å². The second kappa shape index (κ2) is 7.58. The van der Waals surface area contributed by atoms with E-state index < -0.39 is 12.0 Å². The molecular weight excluding hydrogens is 294 g/mol. The van der Waals surface area contributed by atoms with E-state index in [2.05, 4.69) is 10.4 Å². The summed E-state index contributed by atoms with van der Waals surface area (Å²) in [7, 11) is 0. The van der Waals surface area contributed by atoms with Crippen LogP contribution < -0.4 is 5.32 Å². The Morgan fingerprint density at radius 3 is 2.52 bits per heavy atom. The van der Waals surface area contributed by atoms with Gasteiger partial charge < -0.3 is 10.4 Å². The predicted octanol–water partition coefficient (Wildman–Crippen LogP) is 2.03. The number of carbonyl (C=O) groups excluding carboxylic acids is 1. The van der Waals surface area contributed by atoms with E-state index in [1.165, 1.54) is 0 Å². The van der Waals surface area contributed by atoms with Crippen LogP contribution in [-0.2, 0) is 16.0 Å². The average Bonchev–Trinajstić information content (AvgIpc) is 3.06.